The Kier molecular flexibility index (Phi) is 5.78. The van der Waals surface area contributed by atoms with Crippen LogP contribution in [0.25, 0.3) is 0 Å². The molecule has 0 saturated carbocycles. The number of rotatable bonds is 6. The minimum absolute atomic E-state index is 0.124. The zero-order chi connectivity index (χ0) is 17.5. The van der Waals surface area contributed by atoms with Crippen molar-refractivity contribution in [1.82, 2.24) is 5.32 Å². The van der Waals surface area contributed by atoms with E-state index in [1.165, 1.54) is 14.2 Å². The number of amides is 2. The van der Waals surface area contributed by atoms with E-state index in [1.807, 2.05) is 13.0 Å². The van der Waals surface area contributed by atoms with Gasteiger partial charge in [0.15, 0.2) is 11.5 Å². The molecule has 0 aromatic heterocycles. The summed E-state index contributed by atoms with van der Waals surface area (Å²) in [5.74, 6) is 0.465. The van der Waals surface area contributed by atoms with E-state index in [0.29, 0.717) is 22.7 Å². The molecule has 0 fully saturated rings. The van der Waals surface area contributed by atoms with Crippen LogP contribution in [-0.2, 0) is 4.79 Å². The molecule has 126 valence electrons. The molecule has 2 N–H and O–H groups in total. The lowest BCUT2D eigenvalue weighted by molar-refractivity contribution is -0.115. The summed E-state index contributed by atoms with van der Waals surface area (Å²) in [5.41, 5.74) is 2.06. The molecule has 0 heterocycles. The first-order valence-electron chi connectivity index (χ1n) is 7.40. The molecule has 0 bridgehead atoms. The van der Waals surface area contributed by atoms with Crippen LogP contribution < -0.4 is 20.1 Å². The van der Waals surface area contributed by atoms with E-state index >= 15 is 0 Å². The molecule has 0 spiro atoms. The number of carbonyl (C=O) groups excluding carboxylic acids is 2. The highest BCUT2D eigenvalue weighted by Gasteiger charge is 2.10. The summed E-state index contributed by atoms with van der Waals surface area (Å²) in [4.78, 5) is 24.0. The average molecular weight is 328 g/mol. The van der Waals surface area contributed by atoms with Crippen LogP contribution >= 0.6 is 0 Å². The van der Waals surface area contributed by atoms with Crippen molar-refractivity contribution < 1.29 is 19.1 Å². The van der Waals surface area contributed by atoms with Crippen molar-refractivity contribution >= 4 is 17.5 Å². The number of nitrogens with one attached hydrogen (secondary N) is 2. The Bertz CT molecular complexity index is 744. The third-order valence-electron chi connectivity index (χ3n) is 3.36. The van der Waals surface area contributed by atoms with E-state index in [4.69, 9.17) is 9.47 Å². The minimum atomic E-state index is -0.330. The summed E-state index contributed by atoms with van der Waals surface area (Å²) in [6.45, 7) is 1.78. The van der Waals surface area contributed by atoms with Gasteiger partial charge in [-0.3, -0.25) is 9.59 Å². The van der Waals surface area contributed by atoms with Gasteiger partial charge in [-0.1, -0.05) is 17.7 Å². The predicted octanol–water partition coefficient (Wildman–Crippen LogP) is 2.38. The van der Waals surface area contributed by atoms with E-state index in [9.17, 15) is 9.59 Å². The van der Waals surface area contributed by atoms with Crippen molar-refractivity contribution in [2.75, 3.05) is 26.1 Å². The van der Waals surface area contributed by atoms with Gasteiger partial charge in [0, 0.05) is 17.3 Å². The molecule has 0 aliphatic heterocycles. The van der Waals surface area contributed by atoms with Crippen molar-refractivity contribution in [3.8, 4) is 11.5 Å². The van der Waals surface area contributed by atoms with Crippen molar-refractivity contribution in [2.45, 2.75) is 6.92 Å². The number of aryl methyl sites for hydroxylation is 1. The van der Waals surface area contributed by atoms with Gasteiger partial charge in [0.05, 0.1) is 20.8 Å². The van der Waals surface area contributed by atoms with Crippen LogP contribution in [0.1, 0.15) is 15.9 Å². The summed E-state index contributed by atoms with van der Waals surface area (Å²) in [6.07, 6.45) is 0. The molecule has 0 aliphatic carbocycles. The highest BCUT2D eigenvalue weighted by molar-refractivity contribution is 5.99. The highest BCUT2D eigenvalue weighted by Crippen LogP contribution is 2.29. The van der Waals surface area contributed by atoms with Gasteiger partial charge in [0.2, 0.25) is 5.91 Å². The second-order valence-electron chi connectivity index (χ2n) is 5.17. The van der Waals surface area contributed by atoms with Gasteiger partial charge in [-0.05, 0) is 31.2 Å². The second-order valence-corrected chi connectivity index (χ2v) is 5.17. The molecule has 2 rings (SSSR count). The number of anilines is 1. The average Bonchev–Trinajstić information content (AvgIpc) is 2.59. The van der Waals surface area contributed by atoms with Crippen LogP contribution in [-0.4, -0.2) is 32.6 Å². The van der Waals surface area contributed by atoms with Gasteiger partial charge in [-0.2, -0.15) is 0 Å². The lowest BCUT2D eigenvalue weighted by Gasteiger charge is -2.11. The fourth-order valence-electron chi connectivity index (χ4n) is 2.17. The SMILES string of the molecule is COc1ccc(NC(=O)CNC(=O)c2cccc(C)c2)cc1OC. The maximum absolute atomic E-state index is 12.0. The summed E-state index contributed by atoms with van der Waals surface area (Å²) < 4.78 is 10.3. The first-order valence-corrected chi connectivity index (χ1v) is 7.40. The molecular weight excluding hydrogens is 308 g/mol. The molecule has 6 nitrogen and oxygen atoms in total. The van der Waals surface area contributed by atoms with Crippen LogP contribution in [0.4, 0.5) is 5.69 Å². The Labute approximate surface area is 140 Å². The van der Waals surface area contributed by atoms with Gasteiger partial charge >= 0.3 is 0 Å². The number of methoxy groups -OCH3 is 2. The molecule has 0 saturated heterocycles. The molecule has 2 aromatic rings. The van der Waals surface area contributed by atoms with Crippen LogP contribution in [0.15, 0.2) is 42.5 Å². The van der Waals surface area contributed by atoms with E-state index < -0.39 is 0 Å². The van der Waals surface area contributed by atoms with Gasteiger partial charge in [-0.25, -0.2) is 0 Å². The lowest BCUT2D eigenvalue weighted by atomic mass is 10.1. The van der Waals surface area contributed by atoms with Crippen molar-refractivity contribution in [2.24, 2.45) is 0 Å². The molecule has 0 atom stereocenters. The van der Waals surface area contributed by atoms with E-state index in [-0.39, 0.29) is 18.4 Å². The molecule has 0 aliphatic rings. The maximum Gasteiger partial charge on any atom is 0.251 e. The Morgan fingerprint density at radius 3 is 2.42 bits per heavy atom. The largest absolute Gasteiger partial charge is 0.493 e. The zero-order valence-electron chi connectivity index (χ0n) is 13.9. The lowest BCUT2D eigenvalue weighted by Crippen LogP contribution is -2.32. The fourth-order valence-corrected chi connectivity index (χ4v) is 2.17. The monoisotopic (exact) mass is 328 g/mol. The quantitative estimate of drug-likeness (QED) is 0.853. The topological polar surface area (TPSA) is 76.7 Å². The van der Waals surface area contributed by atoms with Gasteiger partial charge < -0.3 is 20.1 Å². The summed E-state index contributed by atoms with van der Waals surface area (Å²) in [6, 6.07) is 12.2. The number of benzene rings is 2. The van der Waals surface area contributed by atoms with Crippen LogP contribution in [0.5, 0.6) is 11.5 Å². The first-order chi connectivity index (χ1) is 11.5. The number of carbonyl (C=O) groups is 2. The van der Waals surface area contributed by atoms with Gasteiger partial charge in [0.1, 0.15) is 0 Å². The summed E-state index contributed by atoms with van der Waals surface area (Å²) in [5, 5.41) is 5.29. The Hall–Kier alpha value is -3.02. The minimum Gasteiger partial charge on any atom is -0.493 e. The Morgan fingerprint density at radius 1 is 1.00 bits per heavy atom. The maximum atomic E-state index is 12.0. The standard InChI is InChI=1S/C18H20N2O4/c1-12-5-4-6-13(9-12)18(22)19-11-17(21)20-14-7-8-15(23-2)16(10-14)24-3/h4-10H,11H2,1-3H3,(H,19,22)(H,20,21). The summed E-state index contributed by atoms with van der Waals surface area (Å²) in [7, 11) is 3.06. The molecule has 2 aromatic carbocycles. The van der Waals surface area contributed by atoms with E-state index in [1.54, 1.807) is 36.4 Å². The normalized spacial score (nSPS) is 9.96. The predicted molar refractivity (Wildman–Crippen MR) is 91.7 cm³/mol. The molecule has 24 heavy (non-hydrogen) atoms. The van der Waals surface area contributed by atoms with Gasteiger partial charge in [0.25, 0.3) is 5.91 Å². The van der Waals surface area contributed by atoms with E-state index in [0.717, 1.165) is 5.56 Å². The van der Waals surface area contributed by atoms with E-state index in [2.05, 4.69) is 10.6 Å². The Balaban J connectivity index is 1.92. The molecule has 0 unspecified atom stereocenters. The first kappa shape index (κ1) is 17.3. The molecular formula is C18H20N2O4. The zero-order valence-corrected chi connectivity index (χ0v) is 13.9. The smallest absolute Gasteiger partial charge is 0.251 e. The molecule has 2 amide bonds. The number of hydrogen-bond donors (Lipinski definition) is 2. The summed E-state index contributed by atoms with van der Waals surface area (Å²) >= 11 is 0. The highest BCUT2D eigenvalue weighted by atomic mass is 16.5. The van der Waals surface area contributed by atoms with Gasteiger partial charge in [-0.15, -0.1) is 0 Å². The fraction of sp³-hybridized carbons (Fsp3) is 0.222. The third kappa shape index (κ3) is 4.49. The Morgan fingerprint density at radius 2 is 1.75 bits per heavy atom. The van der Waals surface area contributed by atoms with Crippen molar-refractivity contribution in [3.05, 3.63) is 53.6 Å². The van der Waals surface area contributed by atoms with Crippen molar-refractivity contribution in [3.63, 3.8) is 0 Å². The number of hydrogen-bond acceptors (Lipinski definition) is 4. The molecule has 6 heteroatoms. The van der Waals surface area contributed by atoms with Crippen LogP contribution in [0.2, 0.25) is 0 Å². The number of ether oxygens (including phenoxy) is 2. The van der Waals surface area contributed by atoms with Crippen LogP contribution in [0, 0.1) is 6.92 Å². The van der Waals surface area contributed by atoms with Crippen LogP contribution in [0.3, 0.4) is 0 Å². The second kappa shape index (κ2) is 8.01. The molecule has 0 radical (unpaired) electrons. The third-order valence-corrected chi connectivity index (χ3v) is 3.36. The van der Waals surface area contributed by atoms with Crippen molar-refractivity contribution in [1.29, 1.82) is 0 Å².